The maximum atomic E-state index is 7.81. The molecule has 1 nitrogen and oxygen atoms in total. The first kappa shape index (κ1) is 12.3. The predicted molar refractivity (Wildman–Crippen MR) is 56.5 cm³/mol. The Morgan fingerprint density at radius 2 is 1.93 bits per heavy atom. The van der Waals surface area contributed by atoms with Crippen molar-refractivity contribution < 1.29 is 44.1 Å². The number of aryl methyl sites for hydroxylation is 2. The van der Waals surface area contributed by atoms with E-state index in [1.54, 1.807) is 0 Å². The Kier molecular flexibility index (Phi) is 4.22. The molecule has 0 saturated carbocycles. The Hall–Kier alpha value is 0.202. The molecule has 14 heavy (non-hydrogen) atoms. The third kappa shape index (κ3) is 2.23. The maximum Gasteiger partial charge on any atom is 0 e. The van der Waals surface area contributed by atoms with Crippen LogP contribution >= 0.6 is 0 Å². The van der Waals surface area contributed by atoms with Gasteiger partial charge >= 0.3 is 0 Å². The van der Waals surface area contributed by atoms with Crippen LogP contribution in [-0.4, -0.2) is 0 Å². The van der Waals surface area contributed by atoms with Crippen molar-refractivity contribution in [1.82, 2.24) is 0 Å². The molecule has 0 bridgehead atoms. The summed E-state index contributed by atoms with van der Waals surface area (Å²) in [4.78, 5) is 0. The summed E-state index contributed by atoms with van der Waals surface area (Å²) in [7, 11) is 0. The molecule has 0 unspecified atom stereocenters. The van der Waals surface area contributed by atoms with Crippen molar-refractivity contribution in [2.24, 2.45) is 0 Å². The van der Waals surface area contributed by atoms with Crippen LogP contribution in [-0.2, 0) is 6.42 Å². The van der Waals surface area contributed by atoms with Gasteiger partial charge in [0.15, 0.2) is 0 Å². The summed E-state index contributed by atoms with van der Waals surface area (Å²) in [6, 6.07) is 4.33. The van der Waals surface area contributed by atoms with Crippen LogP contribution in [0.3, 0.4) is 0 Å². The molecule has 1 aliphatic carbocycles. The SMILES string of the molecule is Cc1cc(C)c2c(c1)C([NH-])=CCC2.[Ac]. The van der Waals surface area contributed by atoms with Crippen molar-refractivity contribution in [2.45, 2.75) is 26.7 Å². The molecule has 0 atom stereocenters. The van der Waals surface area contributed by atoms with Crippen LogP contribution in [0.25, 0.3) is 11.4 Å². The summed E-state index contributed by atoms with van der Waals surface area (Å²) in [5, 5.41) is 0. The van der Waals surface area contributed by atoms with Crippen molar-refractivity contribution in [1.29, 1.82) is 0 Å². The van der Waals surface area contributed by atoms with E-state index >= 15 is 0 Å². The zero-order chi connectivity index (χ0) is 9.42. The molecular formula is C12H14AcN-. The van der Waals surface area contributed by atoms with Gasteiger partial charge in [0.25, 0.3) is 0 Å². The number of hydrogen-bond acceptors (Lipinski definition) is 0. The summed E-state index contributed by atoms with van der Waals surface area (Å²) in [6.07, 6.45) is 4.14. The van der Waals surface area contributed by atoms with E-state index in [2.05, 4.69) is 26.0 Å². The van der Waals surface area contributed by atoms with Gasteiger partial charge in [0.1, 0.15) is 0 Å². The van der Waals surface area contributed by atoms with E-state index in [9.17, 15) is 0 Å². The monoisotopic (exact) mass is 399 g/mol. The average molecular weight is 399 g/mol. The molecule has 1 aliphatic rings. The van der Waals surface area contributed by atoms with E-state index in [-0.39, 0.29) is 44.1 Å². The van der Waals surface area contributed by atoms with Crippen LogP contribution in [0, 0.1) is 57.9 Å². The second kappa shape index (κ2) is 4.82. The van der Waals surface area contributed by atoms with Crippen LogP contribution in [0.1, 0.15) is 28.7 Å². The molecule has 2 heteroatoms. The second-order valence-electron chi connectivity index (χ2n) is 3.76. The van der Waals surface area contributed by atoms with Gasteiger partial charge in [0.2, 0.25) is 0 Å². The molecule has 0 aromatic heterocycles. The first-order chi connectivity index (χ1) is 6.18. The van der Waals surface area contributed by atoms with Crippen LogP contribution in [0.5, 0.6) is 0 Å². The van der Waals surface area contributed by atoms with Gasteiger partial charge < -0.3 is 5.73 Å². The van der Waals surface area contributed by atoms with Gasteiger partial charge in [-0.25, -0.2) is 0 Å². The molecule has 0 saturated heterocycles. The number of allylic oxidation sites excluding steroid dienone is 1. The fourth-order valence-corrected chi connectivity index (χ4v) is 2.04. The maximum absolute atomic E-state index is 7.81. The Balaban J connectivity index is 0.000000980. The van der Waals surface area contributed by atoms with Crippen molar-refractivity contribution in [3.05, 3.63) is 46.2 Å². The molecule has 0 heterocycles. The van der Waals surface area contributed by atoms with Gasteiger partial charge in [-0.2, -0.15) is 0 Å². The minimum atomic E-state index is 0. The predicted octanol–water partition coefficient (Wildman–Crippen LogP) is 3.64. The molecule has 1 aromatic carbocycles. The Bertz CT molecular complexity index is 380. The van der Waals surface area contributed by atoms with Crippen LogP contribution < -0.4 is 0 Å². The smallest absolute Gasteiger partial charge is 0 e. The molecule has 1 radical (unpaired) electrons. The molecule has 1 N–H and O–H groups in total. The fourth-order valence-electron chi connectivity index (χ4n) is 2.04. The van der Waals surface area contributed by atoms with E-state index in [1.807, 2.05) is 6.08 Å². The Morgan fingerprint density at radius 1 is 1.21 bits per heavy atom. The van der Waals surface area contributed by atoms with Gasteiger partial charge in [-0.1, -0.05) is 23.8 Å². The summed E-state index contributed by atoms with van der Waals surface area (Å²) < 4.78 is 0. The van der Waals surface area contributed by atoms with Crippen molar-refractivity contribution >= 4 is 5.70 Å². The van der Waals surface area contributed by atoms with E-state index in [0.717, 1.165) is 18.4 Å². The van der Waals surface area contributed by atoms with Gasteiger partial charge in [-0.05, 0) is 43.4 Å². The van der Waals surface area contributed by atoms with Crippen molar-refractivity contribution in [2.75, 3.05) is 0 Å². The van der Waals surface area contributed by atoms with Gasteiger partial charge in [0, 0.05) is 44.1 Å². The quantitative estimate of drug-likeness (QED) is 0.636. The van der Waals surface area contributed by atoms with Crippen LogP contribution in [0.15, 0.2) is 18.2 Å². The zero-order valence-electron chi connectivity index (χ0n) is 8.72. The number of rotatable bonds is 0. The molecule has 1 aromatic rings. The molecule has 71 valence electrons. The average Bonchev–Trinajstić information content (AvgIpc) is 2.07. The third-order valence-electron chi connectivity index (χ3n) is 2.65. The zero-order valence-corrected chi connectivity index (χ0v) is 13.5. The van der Waals surface area contributed by atoms with E-state index in [0.29, 0.717) is 5.70 Å². The topological polar surface area (TPSA) is 23.8 Å². The molecule has 2 rings (SSSR count). The minimum absolute atomic E-state index is 0. The number of hydrogen-bond donors (Lipinski definition) is 0. The van der Waals surface area contributed by atoms with E-state index in [1.165, 1.54) is 16.7 Å². The largest absolute Gasteiger partial charge is 0.698 e. The summed E-state index contributed by atoms with van der Waals surface area (Å²) in [6.45, 7) is 4.24. The summed E-state index contributed by atoms with van der Waals surface area (Å²) in [5.41, 5.74) is 13.6. The van der Waals surface area contributed by atoms with Gasteiger partial charge in [-0.15, -0.1) is 5.70 Å². The number of benzene rings is 1. The van der Waals surface area contributed by atoms with E-state index in [4.69, 9.17) is 5.73 Å². The van der Waals surface area contributed by atoms with Crippen molar-refractivity contribution in [3.8, 4) is 0 Å². The fraction of sp³-hybridized carbons (Fsp3) is 0.333. The Morgan fingerprint density at radius 3 is 2.64 bits per heavy atom. The minimum Gasteiger partial charge on any atom is -0.698 e. The summed E-state index contributed by atoms with van der Waals surface area (Å²) >= 11 is 0. The molecule has 0 spiro atoms. The molecule has 0 aliphatic heterocycles. The standard InChI is InChI=1S/C12H14N.Ac/c1-8-6-9(2)10-4-3-5-12(13)11(10)7-8;/h5-7,13H,3-4H2,1-2H3;/q-1;. The number of nitrogens with one attached hydrogen (secondary N) is 1. The first-order valence-corrected chi connectivity index (χ1v) is 4.71. The van der Waals surface area contributed by atoms with Crippen molar-refractivity contribution in [3.63, 3.8) is 0 Å². The normalized spacial score (nSPS) is 14.0. The summed E-state index contributed by atoms with van der Waals surface area (Å²) in [5.74, 6) is 0. The number of fused-ring (bicyclic) bond motifs is 1. The second-order valence-corrected chi connectivity index (χ2v) is 3.76. The van der Waals surface area contributed by atoms with Crippen LogP contribution in [0.4, 0.5) is 0 Å². The van der Waals surface area contributed by atoms with Gasteiger partial charge in [0.05, 0.1) is 0 Å². The van der Waals surface area contributed by atoms with Crippen LogP contribution in [0.2, 0.25) is 0 Å². The first-order valence-electron chi connectivity index (χ1n) is 4.71. The molecule has 0 fully saturated rings. The van der Waals surface area contributed by atoms with Gasteiger partial charge in [-0.3, -0.25) is 0 Å². The Labute approximate surface area is 121 Å². The molecule has 0 amide bonds. The van der Waals surface area contributed by atoms with E-state index < -0.39 is 0 Å². The third-order valence-corrected chi connectivity index (χ3v) is 2.65. The molecular weight excluding hydrogens is 385 g/mol.